The Hall–Kier alpha value is -1.10. The molecule has 1 saturated heterocycles. The number of rotatable bonds is 5. The first-order valence-electron chi connectivity index (χ1n) is 9.73. The van der Waals surface area contributed by atoms with Crippen LogP contribution in [0, 0.1) is 29.6 Å². The van der Waals surface area contributed by atoms with Gasteiger partial charge >= 0.3 is 5.97 Å². The molecule has 4 unspecified atom stereocenters. The first-order valence-corrected chi connectivity index (χ1v) is 9.73. The van der Waals surface area contributed by atoms with Gasteiger partial charge in [-0.05, 0) is 49.9 Å². The number of hydrogen-bond donors (Lipinski definition) is 2. The number of fused-ring (bicyclic) bond motifs is 1. The third kappa shape index (κ3) is 4.29. The van der Waals surface area contributed by atoms with Gasteiger partial charge in [-0.3, -0.25) is 9.59 Å². The first kappa shape index (κ1) is 17.7. The van der Waals surface area contributed by atoms with Gasteiger partial charge in [-0.15, -0.1) is 0 Å². The second-order valence-corrected chi connectivity index (χ2v) is 7.95. The number of nitrogens with one attached hydrogen (secondary N) is 1. The molecule has 1 amide bonds. The number of carbonyl (C=O) groups excluding carboxylic acids is 1. The van der Waals surface area contributed by atoms with Gasteiger partial charge in [0.2, 0.25) is 5.91 Å². The van der Waals surface area contributed by atoms with Gasteiger partial charge in [0.15, 0.2) is 0 Å². The van der Waals surface area contributed by atoms with Crippen LogP contribution in [-0.2, 0) is 14.3 Å². The molecule has 0 aromatic carbocycles. The Morgan fingerprint density at radius 3 is 2.42 bits per heavy atom. The molecule has 3 aliphatic rings. The Balaban J connectivity index is 1.49. The molecule has 24 heavy (non-hydrogen) atoms. The topological polar surface area (TPSA) is 75.6 Å². The maximum absolute atomic E-state index is 12.6. The summed E-state index contributed by atoms with van der Waals surface area (Å²) in [5, 5.41) is 12.5. The quantitative estimate of drug-likeness (QED) is 0.809. The molecule has 0 radical (unpaired) electrons. The van der Waals surface area contributed by atoms with Crippen LogP contribution in [0.5, 0.6) is 0 Å². The lowest BCUT2D eigenvalue weighted by molar-refractivity contribution is -0.145. The molecule has 5 nitrogen and oxygen atoms in total. The fourth-order valence-electron chi connectivity index (χ4n) is 5.04. The average molecular weight is 337 g/mol. The van der Waals surface area contributed by atoms with Crippen LogP contribution in [-0.4, -0.2) is 36.7 Å². The van der Waals surface area contributed by atoms with E-state index in [0.717, 1.165) is 31.6 Å². The van der Waals surface area contributed by atoms with Crippen LogP contribution in [0.25, 0.3) is 0 Å². The maximum atomic E-state index is 12.6. The van der Waals surface area contributed by atoms with E-state index in [1.807, 2.05) is 0 Å². The molecule has 5 heteroatoms. The van der Waals surface area contributed by atoms with Crippen molar-refractivity contribution in [3.05, 3.63) is 0 Å². The minimum absolute atomic E-state index is 0.0809. The van der Waals surface area contributed by atoms with Crippen LogP contribution >= 0.6 is 0 Å². The Bertz CT molecular complexity index is 447. The summed E-state index contributed by atoms with van der Waals surface area (Å²) >= 11 is 0. The summed E-state index contributed by atoms with van der Waals surface area (Å²) in [6.07, 6.45) is 9.97. The predicted octanol–water partition coefficient (Wildman–Crippen LogP) is 2.84. The van der Waals surface area contributed by atoms with Crippen molar-refractivity contribution in [3.8, 4) is 0 Å². The van der Waals surface area contributed by atoms with Crippen molar-refractivity contribution in [1.29, 1.82) is 0 Å². The predicted molar refractivity (Wildman–Crippen MR) is 90.5 cm³/mol. The fraction of sp³-hybridized carbons (Fsp3) is 0.895. The molecule has 1 aliphatic heterocycles. The van der Waals surface area contributed by atoms with Crippen molar-refractivity contribution in [2.45, 2.75) is 57.8 Å². The van der Waals surface area contributed by atoms with Crippen molar-refractivity contribution in [3.63, 3.8) is 0 Å². The summed E-state index contributed by atoms with van der Waals surface area (Å²) in [5.41, 5.74) is 0. The van der Waals surface area contributed by atoms with E-state index < -0.39 is 11.9 Å². The number of hydrogen-bond acceptors (Lipinski definition) is 3. The van der Waals surface area contributed by atoms with Gasteiger partial charge in [-0.1, -0.05) is 25.7 Å². The molecule has 0 bridgehead atoms. The highest BCUT2D eigenvalue weighted by atomic mass is 16.5. The van der Waals surface area contributed by atoms with Crippen molar-refractivity contribution < 1.29 is 19.4 Å². The first-order chi connectivity index (χ1) is 11.6. The number of carbonyl (C=O) groups is 2. The SMILES string of the molecule is O=C(NCC(C(=O)O)C1CCOCC1)C1CCC2CCCCC2C1. The van der Waals surface area contributed by atoms with E-state index >= 15 is 0 Å². The molecular formula is C19H31NO4. The Labute approximate surface area is 144 Å². The molecule has 1 heterocycles. The summed E-state index contributed by atoms with van der Waals surface area (Å²) in [6.45, 7) is 1.53. The van der Waals surface area contributed by atoms with E-state index in [0.29, 0.717) is 19.1 Å². The molecular weight excluding hydrogens is 306 g/mol. The standard InChI is InChI=1S/C19H31NO4/c21-18(16-6-5-13-3-1-2-4-15(13)11-16)20-12-17(19(22)23)14-7-9-24-10-8-14/h13-17H,1-12H2,(H,20,21)(H,22,23). The van der Waals surface area contributed by atoms with Crippen LogP contribution in [0.1, 0.15) is 57.8 Å². The zero-order valence-corrected chi connectivity index (χ0v) is 14.5. The van der Waals surface area contributed by atoms with Crippen LogP contribution in [0.4, 0.5) is 0 Å². The third-order valence-corrected chi connectivity index (χ3v) is 6.56. The van der Waals surface area contributed by atoms with E-state index in [9.17, 15) is 14.7 Å². The van der Waals surface area contributed by atoms with E-state index in [4.69, 9.17) is 4.74 Å². The van der Waals surface area contributed by atoms with Crippen molar-refractivity contribution >= 4 is 11.9 Å². The van der Waals surface area contributed by atoms with Gasteiger partial charge in [0.25, 0.3) is 0 Å². The van der Waals surface area contributed by atoms with Crippen molar-refractivity contribution in [2.75, 3.05) is 19.8 Å². The summed E-state index contributed by atoms with van der Waals surface area (Å²) in [5.74, 6) is 0.560. The van der Waals surface area contributed by atoms with Crippen LogP contribution in [0.2, 0.25) is 0 Å². The van der Waals surface area contributed by atoms with Gasteiger partial charge < -0.3 is 15.2 Å². The van der Waals surface area contributed by atoms with Crippen molar-refractivity contribution in [2.24, 2.45) is 29.6 Å². The van der Waals surface area contributed by atoms with Crippen LogP contribution < -0.4 is 5.32 Å². The van der Waals surface area contributed by atoms with Gasteiger partial charge in [-0.25, -0.2) is 0 Å². The monoisotopic (exact) mass is 337 g/mol. The van der Waals surface area contributed by atoms with E-state index in [1.165, 1.54) is 32.1 Å². The lowest BCUT2D eigenvalue weighted by Gasteiger charge is -2.39. The molecule has 4 atom stereocenters. The number of carboxylic acid groups (broad SMARTS) is 1. The highest BCUT2D eigenvalue weighted by molar-refractivity contribution is 5.79. The Kier molecular flexibility index (Phi) is 6.14. The second kappa shape index (κ2) is 8.32. The van der Waals surface area contributed by atoms with Crippen LogP contribution in [0.3, 0.4) is 0 Å². The highest BCUT2D eigenvalue weighted by Gasteiger charge is 2.36. The molecule has 0 aromatic heterocycles. The summed E-state index contributed by atoms with van der Waals surface area (Å²) < 4.78 is 5.32. The summed E-state index contributed by atoms with van der Waals surface area (Å²) in [6, 6.07) is 0. The number of amides is 1. The molecule has 3 fully saturated rings. The number of carboxylic acids is 1. The van der Waals surface area contributed by atoms with Gasteiger partial charge in [0, 0.05) is 25.7 Å². The minimum Gasteiger partial charge on any atom is -0.481 e. The van der Waals surface area contributed by atoms with Crippen LogP contribution in [0.15, 0.2) is 0 Å². The average Bonchev–Trinajstić information content (AvgIpc) is 2.62. The summed E-state index contributed by atoms with van der Waals surface area (Å²) in [7, 11) is 0. The van der Waals surface area contributed by atoms with Gasteiger partial charge in [-0.2, -0.15) is 0 Å². The zero-order valence-electron chi connectivity index (χ0n) is 14.5. The normalized spacial score (nSPS) is 32.6. The van der Waals surface area contributed by atoms with E-state index in [1.54, 1.807) is 0 Å². The largest absolute Gasteiger partial charge is 0.481 e. The molecule has 2 N–H and O–H groups in total. The molecule has 2 aliphatic carbocycles. The highest BCUT2D eigenvalue weighted by Crippen LogP contribution is 2.42. The molecule has 2 saturated carbocycles. The number of ether oxygens (including phenoxy) is 1. The van der Waals surface area contributed by atoms with Gasteiger partial charge in [0.05, 0.1) is 5.92 Å². The molecule has 3 rings (SSSR count). The van der Waals surface area contributed by atoms with E-state index in [-0.39, 0.29) is 24.3 Å². The molecule has 136 valence electrons. The lowest BCUT2D eigenvalue weighted by Crippen LogP contribution is -2.42. The smallest absolute Gasteiger partial charge is 0.308 e. The fourth-order valence-corrected chi connectivity index (χ4v) is 5.04. The Morgan fingerprint density at radius 2 is 1.71 bits per heavy atom. The molecule has 0 aromatic rings. The second-order valence-electron chi connectivity index (χ2n) is 7.95. The van der Waals surface area contributed by atoms with Gasteiger partial charge in [0.1, 0.15) is 0 Å². The third-order valence-electron chi connectivity index (χ3n) is 6.56. The maximum Gasteiger partial charge on any atom is 0.308 e. The zero-order chi connectivity index (χ0) is 16.9. The minimum atomic E-state index is -0.793. The van der Waals surface area contributed by atoms with E-state index in [2.05, 4.69) is 5.32 Å². The lowest BCUT2D eigenvalue weighted by atomic mass is 9.67. The summed E-state index contributed by atoms with van der Waals surface area (Å²) in [4.78, 5) is 24.1. The van der Waals surface area contributed by atoms with Crippen molar-refractivity contribution in [1.82, 2.24) is 5.32 Å². The number of aliphatic carboxylic acids is 1. The molecule has 0 spiro atoms. The Morgan fingerprint density at radius 1 is 1.00 bits per heavy atom.